The van der Waals surface area contributed by atoms with Gasteiger partial charge < -0.3 is 15.3 Å². The van der Waals surface area contributed by atoms with Gasteiger partial charge in [0.15, 0.2) is 0 Å². The lowest BCUT2D eigenvalue weighted by Crippen LogP contribution is -2.42. The Morgan fingerprint density at radius 2 is 1.88 bits per heavy atom. The van der Waals surface area contributed by atoms with Crippen molar-refractivity contribution >= 4 is 17.7 Å². The molecule has 0 aliphatic carbocycles. The molecule has 1 aromatic heterocycles. The molecule has 0 bridgehead atoms. The van der Waals surface area contributed by atoms with E-state index in [1.165, 1.54) is 25.1 Å². The van der Waals surface area contributed by atoms with Crippen molar-refractivity contribution in [1.82, 2.24) is 10.3 Å². The number of amides is 1. The maximum Gasteiger partial charge on any atom is 0.326 e. The topological polar surface area (TPSA) is 82.5 Å². The van der Waals surface area contributed by atoms with Gasteiger partial charge in [0.05, 0.1) is 5.56 Å². The van der Waals surface area contributed by atoms with E-state index in [1.54, 1.807) is 6.07 Å². The Bertz CT molecular complexity index is 558. The molecule has 1 aliphatic heterocycles. The zero-order valence-corrected chi connectivity index (χ0v) is 13.3. The van der Waals surface area contributed by atoms with E-state index in [1.807, 2.05) is 0 Å². The molecule has 24 heavy (non-hydrogen) atoms. The van der Waals surface area contributed by atoms with E-state index in [0.717, 1.165) is 31.7 Å². The average molecular weight is 341 g/mol. The number of halogens is 2. The first-order valence-corrected chi connectivity index (χ1v) is 8.00. The zero-order chi connectivity index (χ0) is 17.5. The van der Waals surface area contributed by atoms with Crippen LogP contribution in [0.2, 0.25) is 0 Å². The number of aromatic nitrogens is 1. The average Bonchev–Trinajstić information content (AvgIpc) is 2.83. The monoisotopic (exact) mass is 341 g/mol. The van der Waals surface area contributed by atoms with Crippen LogP contribution in [0.25, 0.3) is 0 Å². The third-order valence-electron chi connectivity index (χ3n) is 3.96. The van der Waals surface area contributed by atoms with Gasteiger partial charge in [-0.25, -0.2) is 18.6 Å². The Kier molecular flexibility index (Phi) is 6.45. The molecule has 1 atom stereocenters. The number of carbonyl (C=O) groups excluding carboxylic acids is 1. The van der Waals surface area contributed by atoms with Gasteiger partial charge in [-0.3, -0.25) is 4.79 Å². The standard InChI is InChI=1S/C16H21F2N3O3/c17-13(18)9-12(16(23)24)20-15(22)11-5-6-14(19-10-11)21-7-3-1-2-4-8-21/h5-6,10,12-13H,1-4,7-9H2,(H,20,22)(H,23,24). The number of carbonyl (C=O) groups is 2. The molecule has 1 saturated heterocycles. The van der Waals surface area contributed by atoms with E-state index in [0.29, 0.717) is 0 Å². The van der Waals surface area contributed by atoms with Crippen molar-refractivity contribution < 1.29 is 23.5 Å². The highest BCUT2D eigenvalue weighted by molar-refractivity contribution is 5.96. The second kappa shape index (κ2) is 8.56. The molecule has 0 radical (unpaired) electrons. The van der Waals surface area contributed by atoms with Crippen LogP contribution in [0.3, 0.4) is 0 Å². The predicted molar refractivity (Wildman–Crippen MR) is 84.4 cm³/mol. The van der Waals surface area contributed by atoms with Gasteiger partial charge >= 0.3 is 5.97 Å². The van der Waals surface area contributed by atoms with E-state index >= 15 is 0 Å². The number of carboxylic acid groups (broad SMARTS) is 1. The van der Waals surface area contributed by atoms with Crippen molar-refractivity contribution in [2.75, 3.05) is 18.0 Å². The van der Waals surface area contributed by atoms with Gasteiger partial charge in [0.2, 0.25) is 6.43 Å². The molecule has 8 heteroatoms. The zero-order valence-electron chi connectivity index (χ0n) is 13.3. The fraction of sp³-hybridized carbons (Fsp3) is 0.562. The molecule has 1 aromatic rings. The summed E-state index contributed by atoms with van der Waals surface area (Å²) in [7, 11) is 0. The summed E-state index contributed by atoms with van der Waals surface area (Å²) in [6.07, 6.45) is 2.18. The van der Waals surface area contributed by atoms with Gasteiger partial charge in [-0.2, -0.15) is 0 Å². The molecule has 0 saturated carbocycles. The molecule has 2 rings (SSSR count). The Balaban J connectivity index is 2.00. The summed E-state index contributed by atoms with van der Waals surface area (Å²) in [6, 6.07) is 1.61. The van der Waals surface area contributed by atoms with Crippen LogP contribution in [0, 0.1) is 0 Å². The highest BCUT2D eigenvalue weighted by atomic mass is 19.3. The SMILES string of the molecule is O=C(NC(CC(F)F)C(=O)O)c1ccc(N2CCCCCC2)nc1. The molecule has 1 fully saturated rings. The number of nitrogens with one attached hydrogen (secondary N) is 1. The van der Waals surface area contributed by atoms with Crippen LogP contribution in [0.4, 0.5) is 14.6 Å². The molecule has 2 heterocycles. The maximum atomic E-state index is 12.4. The Hall–Kier alpha value is -2.25. The van der Waals surface area contributed by atoms with E-state index in [9.17, 15) is 18.4 Å². The Morgan fingerprint density at radius 1 is 1.21 bits per heavy atom. The van der Waals surface area contributed by atoms with Crippen molar-refractivity contribution in [3.63, 3.8) is 0 Å². The van der Waals surface area contributed by atoms with Crippen LogP contribution in [-0.4, -0.2) is 47.5 Å². The van der Waals surface area contributed by atoms with Crippen LogP contribution in [-0.2, 0) is 4.79 Å². The minimum atomic E-state index is -2.81. The minimum absolute atomic E-state index is 0.147. The number of alkyl halides is 2. The van der Waals surface area contributed by atoms with E-state index in [-0.39, 0.29) is 5.56 Å². The van der Waals surface area contributed by atoms with Gasteiger partial charge in [-0.05, 0) is 25.0 Å². The summed E-state index contributed by atoms with van der Waals surface area (Å²) in [6.45, 7) is 1.82. The van der Waals surface area contributed by atoms with Crippen LogP contribution in [0.1, 0.15) is 42.5 Å². The maximum absolute atomic E-state index is 12.4. The lowest BCUT2D eigenvalue weighted by atomic mass is 10.2. The van der Waals surface area contributed by atoms with Crippen LogP contribution >= 0.6 is 0 Å². The van der Waals surface area contributed by atoms with Crippen LogP contribution in [0.15, 0.2) is 18.3 Å². The van der Waals surface area contributed by atoms with Crippen LogP contribution < -0.4 is 10.2 Å². The number of nitrogens with zero attached hydrogens (tertiary/aromatic N) is 2. The number of pyridine rings is 1. The minimum Gasteiger partial charge on any atom is -0.480 e. The summed E-state index contributed by atoms with van der Waals surface area (Å²) in [5, 5.41) is 11.0. The molecule has 6 nitrogen and oxygen atoms in total. The second-order valence-electron chi connectivity index (χ2n) is 5.80. The van der Waals surface area contributed by atoms with Gasteiger partial charge in [-0.1, -0.05) is 12.8 Å². The van der Waals surface area contributed by atoms with Crippen LogP contribution in [0.5, 0.6) is 0 Å². The molecule has 2 N–H and O–H groups in total. The fourth-order valence-corrected chi connectivity index (χ4v) is 2.65. The van der Waals surface area contributed by atoms with Gasteiger partial charge in [0.1, 0.15) is 11.9 Å². The summed E-state index contributed by atoms with van der Waals surface area (Å²) in [5.74, 6) is -1.45. The molecule has 1 amide bonds. The largest absolute Gasteiger partial charge is 0.480 e. The van der Waals surface area contributed by atoms with Gasteiger partial charge in [-0.15, -0.1) is 0 Å². The van der Waals surface area contributed by atoms with Crippen molar-refractivity contribution in [2.24, 2.45) is 0 Å². The predicted octanol–water partition coefficient (Wildman–Crippen LogP) is 2.30. The number of anilines is 1. The van der Waals surface area contributed by atoms with Crippen molar-refractivity contribution in [3.8, 4) is 0 Å². The number of hydrogen-bond donors (Lipinski definition) is 2. The van der Waals surface area contributed by atoms with Crippen molar-refractivity contribution in [3.05, 3.63) is 23.9 Å². The molecule has 132 valence electrons. The molecular weight excluding hydrogens is 320 g/mol. The van der Waals surface area contributed by atoms with E-state index < -0.39 is 30.8 Å². The van der Waals surface area contributed by atoms with Gasteiger partial charge in [0.25, 0.3) is 5.91 Å². The lowest BCUT2D eigenvalue weighted by molar-refractivity contribution is -0.140. The molecule has 0 aromatic carbocycles. The fourth-order valence-electron chi connectivity index (χ4n) is 2.65. The Labute approximate surface area is 138 Å². The summed E-state index contributed by atoms with van der Waals surface area (Å²) >= 11 is 0. The van der Waals surface area contributed by atoms with E-state index in [4.69, 9.17) is 5.11 Å². The highest BCUT2D eigenvalue weighted by Gasteiger charge is 2.24. The highest BCUT2D eigenvalue weighted by Crippen LogP contribution is 2.17. The third kappa shape index (κ3) is 5.14. The van der Waals surface area contributed by atoms with Crippen molar-refractivity contribution in [2.45, 2.75) is 44.6 Å². The Morgan fingerprint density at radius 3 is 2.38 bits per heavy atom. The molecular formula is C16H21F2N3O3. The first kappa shape index (κ1) is 18.1. The number of carboxylic acids is 1. The second-order valence-corrected chi connectivity index (χ2v) is 5.80. The quantitative estimate of drug-likeness (QED) is 0.830. The summed E-state index contributed by atoms with van der Waals surface area (Å²) < 4.78 is 24.7. The first-order valence-electron chi connectivity index (χ1n) is 8.00. The smallest absolute Gasteiger partial charge is 0.326 e. The third-order valence-corrected chi connectivity index (χ3v) is 3.96. The summed E-state index contributed by atoms with van der Waals surface area (Å²) in [4.78, 5) is 29.3. The molecule has 1 aliphatic rings. The first-order chi connectivity index (χ1) is 11.5. The number of hydrogen-bond acceptors (Lipinski definition) is 4. The van der Waals surface area contributed by atoms with Gasteiger partial charge in [0, 0.05) is 25.7 Å². The lowest BCUT2D eigenvalue weighted by Gasteiger charge is -2.21. The number of rotatable bonds is 6. The molecule has 0 spiro atoms. The van der Waals surface area contributed by atoms with E-state index in [2.05, 4.69) is 15.2 Å². The van der Waals surface area contributed by atoms with Crippen molar-refractivity contribution in [1.29, 1.82) is 0 Å². The normalized spacial score (nSPS) is 16.5. The summed E-state index contributed by atoms with van der Waals surface area (Å²) in [5.41, 5.74) is 0.147. The molecule has 1 unspecified atom stereocenters. The number of aliphatic carboxylic acids is 1.